The number of hydrogen-bond acceptors (Lipinski definition) is 3. The van der Waals surface area contributed by atoms with Crippen LogP contribution in [0.1, 0.15) is 26.3 Å². The van der Waals surface area contributed by atoms with Gasteiger partial charge in [-0.25, -0.2) is 0 Å². The molecule has 0 N–H and O–H groups in total. The summed E-state index contributed by atoms with van der Waals surface area (Å²) in [7, 11) is 0. The Kier molecular flexibility index (Phi) is 4.36. The summed E-state index contributed by atoms with van der Waals surface area (Å²) in [6.45, 7) is 7.74. The van der Waals surface area contributed by atoms with Crippen molar-refractivity contribution >= 4 is 16.9 Å². The van der Waals surface area contributed by atoms with Gasteiger partial charge < -0.3 is 0 Å². The monoisotopic (exact) mass is 247 g/mol. The van der Waals surface area contributed by atoms with E-state index in [9.17, 15) is 4.79 Å². The van der Waals surface area contributed by atoms with Gasteiger partial charge in [0.25, 0.3) is 0 Å². The van der Waals surface area contributed by atoms with Gasteiger partial charge in [-0.15, -0.1) is 0 Å². The van der Waals surface area contributed by atoms with Crippen LogP contribution in [0.15, 0.2) is 29.2 Å². The average Bonchev–Trinajstić information content (AvgIpc) is 2.20. The van der Waals surface area contributed by atoms with Gasteiger partial charge in [0.05, 0.1) is 6.07 Å². The van der Waals surface area contributed by atoms with Gasteiger partial charge in [0.15, 0.2) is 0 Å². The first-order valence-electron chi connectivity index (χ1n) is 5.52. The normalized spacial score (nSPS) is 12.9. The maximum absolute atomic E-state index is 12.0. The highest BCUT2D eigenvalue weighted by Crippen LogP contribution is 2.32. The second kappa shape index (κ2) is 5.37. The second-order valence-corrected chi connectivity index (χ2v) is 6.24. The molecule has 0 amide bonds. The number of carbonyl (C=O) groups is 1. The minimum atomic E-state index is -0.575. The molecular formula is C14H17NOS. The molecule has 1 aromatic rings. The van der Waals surface area contributed by atoms with E-state index in [0.717, 1.165) is 22.2 Å². The largest absolute Gasteiger partial charge is 0.285 e. The summed E-state index contributed by atoms with van der Waals surface area (Å²) in [5.41, 5.74) is 0.846. The first-order chi connectivity index (χ1) is 7.84. The Bertz CT molecular complexity index is 437. The molecule has 0 fully saturated rings. The minimum absolute atomic E-state index is 0.0798. The van der Waals surface area contributed by atoms with Crippen LogP contribution in [0.4, 0.5) is 0 Å². The van der Waals surface area contributed by atoms with Gasteiger partial charge >= 0.3 is 0 Å². The number of hydrogen-bond donors (Lipinski definition) is 0. The van der Waals surface area contributed by atoms with Crippen molar-refractivity contribution in [1.29, 1.82) is 5.26 Å². The molecule has 17 heavy (non-hydrogen) atoms. The van der Waals surface area contributed by atoms with Crippen molar-refractivity contribution < 1.29 is 4.79 Å². The van der Waals surface area contributed by atoms with Crippen LogP contribution in [0, 0.1) is 29.6 Å². The zero-order valence-electron chi connectivity index (χ0n) is 10.7. The third kappa shape index (κ3) is 3.90. The van der Waals surface area contributed by atoms with Crippen LogP contribution < -0.4 is 0 Å². The maximum atomic E-state index is 12.0. The van der Waals surface area contributed by atoms with Crippen LogP contribution in [0.25, 0.3) is 0 Å². The summed E-state index contributed by atoms with van der Waals surface area (Å²) >= 11 is 1.15. The van der Waals surface area contributed by atoms with E-state index in [1.807, 2.05) is 52.0 Å². The summed E-state index contributed by atoms with van der Waals surface area (Å²) in [6.07, 6.45) is 0. The number of carbonyl (C=O) groups excluding carboxylic acids is 1. The summed E-state index contributed by atoms with van der Waals surface area (Å²) in [5.74, 6) is -0.575. The van der Waals surface area contributed by atoms with Gasteiger partial charge in [-0.05, 0) is 24.5 Å². The van der Waals surface area contributed by atoms with E-state index < -0.39 is 5.92 Å². The SMILES string of the molecule is Cc1ccc(SC(=O)C(C#N)C(C)(C)C)cc1. The first kappa shape index (κ1) is 13.8. The van der Waals surface area contributed by atoms with Crippen molar-refractivity contribution in [2.75, 3.05) is 0 Å². The number of nitrogens with zero attached hydrogens (tertiary/aromatic N) is 1. The summed E-state index contributed by atoms with van der Waals surface area (Å²) in [5, 5.41) is 8.99. The Hall–Kier alpha value is -1.27. The van der Waals surface area contributed by atoms with E-state index in [2.05, 4.69) is 6.07 Å². The minimum Gasteiger partial charge on any atom is -0.285 e. The first-order valence-corrected chi connectivity index (χ1v) is 6.34. The lowest BCUT2D eigenvalue weighted by Crippen LogP contribution is -2.25. The lowest BCUT2D eigenvalue weighted by Gasteiger charge is -2.22. The molecule has 0 aliphatic carbocycles. The van der Waals surface area contributed by atoms with Crippen LogP contribution in [0.5, 0.6) is 0 Å². The molecule has 1 atom stereocenters. The highest BCUT2D eigenvalue weighted by atomic mass is 32.2. The van der Waals surface area contributed by atoms with Crippen molar-refractivity contribution in [1.82, 2.24) is 0 Å². The topological polar surface area (TPSA) is 40.9 Å². The van der Waals surface area contributed by atoms with E-state index >= 15 is 0 Å². The Morgan fingerprint density at radius 1 is 1.29 bits per heavy atom. The predicted octanol–water partition coefficient (Wildman–Crippen LogP) is 3.80. The molecule has 90 valence electrons. The summed E-state index contributed by atoms with van der Waals surface area (Å²) in [4.78, 5) is 12.9. The Balaban J connectivity index is 2.79. The zero-order valence-corrected chi connectivity index (χ0v) is 11.5. The maximum Gasteiger partial charge on any atom is 0.211 e. The third-order valence-corrected chi connectivity index (χ3v) is 3.42. The van der Waals surface area contributed by atoms with E-state index in [-0.39, 0.29) is 10.5 Å². The van der Waals surface area contributed by atoms with Crippen molar-refractivity contribution in [3.05, 3.63) is 29.8 Å². The van der Waals surface area contributed by atoms with Crippen LogP contribution in [0.3, 0.4) is 0 Å². The summed E-state index contributed by atoms with van der Waals surface area (Å²) < 4.78 is 0. The molecule has 0 aromatic heterocycles. The fraction of sp³-hybridized carbons (Fsp3) is 0.429. The lowest BCUT2D eigenvalue weighted by atomic mass is 9.83. The smallest absolute Gasteiger partial charge is 0.211 e. The van der Waals surface area contributed by atoms with E-state index in [1.165, 1.54) is 0 Å². The lowest BCUT2D eigenvalue weighted by molar-refractivity contribution is -0.115. The fourth-order valence-corrected chi connectivity index (χ4v) is 2.41. The highest BCUT2D eigenvalue weighted by Gasteiger charge is 2.31. The molecule has 0 radical (unpaired) electrons. The predicted molar refractivity (Wildman–Crippen MR) is 70.6 cm³/mol. The van der Waals surface area contributed by atoms with Crippen molar-refractivity contribution in [2.45, 2.75) is 32.6 Å². The van der Waals surface area contributed by atoms with E-state index in [4.69, 9.17) is 5.26 Å². The van der Waals surface area contributed by atoms with Crippen LogP contribution in [-0.2, 0) is 4.79 Å². The number of benzene rings is 1. The molecule has 0 saturated heterocycles. The van der Waals surface area contributed by atoms with Crippen LogP contribution >= 0.6 is 11.8 Å². The number of nitriles is 1. The number of thioether (sulfide) groups is 1. The Morgan fingerprint density at radius 2 is 1.82 bits per heavy atom. The molecule has 0 saturated carbocycles. The molecule has 3 heteroatoms. The van der Waals surface area contributed by atoms with Crippen LogP contribution in [-0.4, -0.2) is 5.12 Å². The highest BCUT2D eigenvalue weighted by molar-refractivity contribution is 8.13. The van der Waals surface area contributed by atoms with Crippen molar-refractivity contribution in [3.63, 3.8) is 0 Å². The second-order valence-electron chi connectivity index (χ2n) is 5.16. The molecule has 0 aliphatic rings. The molecule has 0 spiro atoms. The number of rotatable bonds is 2. The molecule has 1 unspecified atom stereocenters. The molecule has 0 bridgehead atoms. The van der Waals surface area contributed by atoms with E-state index in [1.54, 1.807) is 0 Å². The quantitative estimate of drug-likeness (QED) is 0.746. The fourth-order valence-electron chi connectivity index (χ4n) is 1.38. The molecule has 0 heterocycles. The van der Waals surface area contributed by atoms with Crippen molar-refractivity contribution in [2.24, 2.45) is 11.3 Å². The summed E-state index contributed by atoms with van der Waals surface area (Å²) in [6, 6.07) is 9.86. The van der Waals surface area contributed by atoms with Gasteiger partial charge in [0.1, 0.15) is 5.92 Å². The molecule has 0 aliphatic heterocycles. The van der Waals surface area contributed by atoms with Gasteiger partial charge in [-0.3, -0.25) is 4.79 Å². The average molecular weight is 247 g/mol. The van der Waals surface area contributed by atoms with Gasteiger partial charge in [-0.1, -0.05) is 50.2 Å². The zero-order chi connectivity index (χ0) is 13.1. The van der Waals surface area contributed by atoms with Gasteiger partial charge in [0, 0.05) is 4.90 Å². The molecule has 1 aromatic carbocycles. The van der Waals surface area contributed by atoms with Crippen LogP contribution in [0.2, 0.25) is 0 Å². The Labute approximate surface area is 107 Å². The standard InChI is InChI=1S/C14H17NOS/c1-10-5-7-11(8-6-10)17-13(16)12(9-15)14(2,3)4/h5-8,12H,1-4H3. The van der Waals surface area contributed by atoms with Crippen molar-refractivity contribution in [3.8, 4) is 6.07 Å². The Morgan fingerprint density at radius 3 is 2.24 bits per heavy atom. The molecular weight excluding hydrogens is 230 g/mol. The van der Waals surface area contributed by atoms with Gasteiger partial charge in [-0.2, -0.15) is 5.26 Å². The van der Waals surface area contributed by atoms with Gasteiger partial charge in [0.2, 0.25) is 5.12 Å². The van der Waals surface area contributed by atoms with E-state index in [0.29, 0.717) is 0 Å². The molecule has 1 rings (SSSR count). The third-order valence-electron chi connectivity index (χ3n) is 2.47. The number of aryl methyl sites for hydroxylation is 1. The molecule has 2 nitrogen and oxygen atoms in total.